The van der Waals surface area contributed by atoms with Crippen molar-refractivity contribution < 1.29 is 13.9 Å². The van der Waals surface area contributed by atoms with Crippen LogP contribution < -0.4 is 4.74 Å². The molecule has 4 nitrogen and oxygen atoms in total. The first-order valence-corrected chi connectivity index (χ1v) is 5.12. The zero-order valence-corrected chi connectivity index (χ0v) is 9.24. The van der Waals surface area contributed by atoms with E-state index in [1.54, 1.807) is 14.1 Å². The van der Waals surface area contributed by atoms with E-state index in [0.717, 1.165) is 12.8 Å². The minimum absolute atomic E-state index is 0.0244. The molecule has 0 N–H and O–H groups in total. The summed E-state index contributed by atoms with van der Waals surface area (Å²) < 4.78 is 18.9. The molecule has 0 aliphatic heterocycles. The quantitative estimate of drug-likeness (QED) is 0.780. The highest BCUT2D eigenvalue weighted by Gasteiger charge is 2.28. The topological polar surface area (TPSA) is 42.4 Å². The number of amides is 1. The number of halogens is 1. The average Bonchev–Trinajstić information content (AvgIpc) is 3.03. The molecule has 0 radical (unpaired) electrons. The zero-order valence-electron chi connectivity index (χ0n) is 9.24. The van der Waals surface area contributed by atoms with Crippen molar-refractivity contribution in [3.8, 4) is 5.75 Å². The third kappa shape index (κ3) is 2.13. The Morgan fingerprint density at radius 2 is 2.25 bits per heavy atom. The molecule has 0 unspecified atom stereocenters. The van der Waals surface area contributed by atoms with Gasteiger partial charge in [0, 0.05) is 20.3 Å². The van der Waals surface area contributed by atoms with Gasteiger partial charge in [-0.1, -0.05) is 0 Å². The minimum atomic E-state index is -0.535. The van der Waals surface area contributed by atoms with Crippen LogP contribution in [0.25, 0.3) is 0 Å². The monoisotopic (exact) mass is 224 g/mol. The smallest absolute Gasteiger partial charge is 0.275 e. The van der Waals surface area contributed by atoms with Crippen molar-refractivity contribution in [1.29, 1.82) is 0 Å². The molecule has 1 aromatic heterocycles. The van der Waals surface area contributed by atoms with Crippen molar-refractivity contribution in [2.45, 2.75) is 18.9 Å². The van der Waals surface area contributed by atoms with Crippen LogP contribution in [0.1, 0.15) is 23.3 Å². The van der Waals surface area contributed by atoms with Gasteiger partial charge in [0.25, 0.3) is 5.91 Å². The zero-order chi connectivity index (χ0) is 11.7. The summed E-state index contributed by atoms with van der Waals surface area (Å²) in [6, 6.07) is 1.20. The largest absolute Gasteiger partial charge is 0.485 e. The van der Waals surface area contributed by atoms with Gasteiger partial charge in [-0.25, -0.2) is 9.37 Å². The molecule has 1 amide bonds. The van der Waals surface area contributed by atoms with Crippen molar-refractivity contribution in [3.05, 3.63) is 23.8 Å². The molecule has 2 rings (SSSR count). The summed E-state index contributed by atoms with van der Waals surface area (Å²) in [5, 5.41) is 0. The second kappa shape index (κ2) is 4.08. The number of ether oxygens (including phenoxy) is 1. The van der Waals surface area contributed by atoms with Crippen LogP contribution in [0.3, 0.4) is 0 Å². The lowest BCUT2D eigenvalue weighted by Gasteiger charge is -2.13. The molecular weight excluding hydrogens is 211 g/mol. The highest BCUT2D eigenvalue weighted by Crippen LogP contribution is 2.30. The van der Waals surface area contributed by atoms with Gasteiger partial charge < -0.3 is 9.64 Å². The number of carbonyl (C=O) groups is 1. The van der Waals surface area contributed by atoms with Gasteiger partial charge in [0.2, 0.25) is 0 Å². The predicted octanol–water partition coefficient (Wildman–Crippen LogP) is 1.46. The van der Waals surface area contributed by atoms with Crippen molar-refractivity contribution in [3.63, 3.8) is 0 Å². The number of aromatic nitrogens is 1. The van der Waals surface area contributed by atoms with Crippen LogP contribution in [-0.2, 0) is 0 Å². The Hall–Kier alpha value is -1.65. The van der Waals surface area contributed by atoms with E-state index < -0.39 is 5.82 Å². The van der Waals surface area contributed by atoms with Crippen molar-refractivity contribution >= 4 is 5.91 Å². The van der Waals surface area contributed by atoms with Gasteiger partial charge in [-0.15, -0.1) is 0 Å². The molecule has 1 aliphatic rings. The number of nitrogens with zero attached hydrogens (tertiary/aromatic N) is 2. The second-order valence-electron chi connectivity index (χ2n) is 3.99. The van der Waals surface area contributed by atoms with Gasteiger partial charge >= 0.3 is 0 Å². The standard InChI is InChI=1S/C11H13FN2O2/c1-14(2)11(15)9-10(16-7-3-4-7)8(12)5-6-13-9/h5-7H,3-4H2,1-2H3. The van der Waals surface area contributed by atoms with Gasteiger partial charge in [0.15, 0.2) is 17.3 Å². The maximum atomic E-state index is 13.5. The Bertz CT molecular complexity index is 416. The summed E-state index contributed by atoms with van der Waals surface area (Å²) in [5.41, 5.74) is 0.0388. The molecule has 86 valence electrons. The SMILES string of the molecule is CN(C)C(=O)c1nccc(F)c1OC1CC1. The van der Waals surface area contributed by atoms with E-state index >= 15 is 0 Å². The van der Waals surface area contributed by atoms with Crippen LogP contribution in [0.5, 0.6) is 5.75 Å². The summed E-state index contributed by atoms with van der Waals surface area (Å²) in [5.74, 6) is -0.911. The van der Waals surface area contributed by atoms with Crippen LogP contribution in [0.2, 0.25) is 0 Å². The summed E-state index contributed by atoms with van der Waals surface area (Å²) in [7, 11) is 3.19. The van der Waals surface area contributed by atoms with E-state index in [0.29, 0.717) is 0 Å². The third-order valence-corrected chi connectivity index (χ3v) is 2.27. The summed E-state index contributed by atoms with van der Waals surface area (Å²) >= 11 is 0. The first kappa shape index (κ1) is 10.9. The van der Waals surface area contributed by atoms with E-state index in [-0.39, 0.29) is 23.5 Å². The van der Waals surface area contributed by atoms with E-state index in [2.05, 4.69) is 4.98 Å². The van der Waals surface area contributed by atoms with Gasteiger partial charge in [0.05, 0.1) is 6.10 Å². The summed E-state index contributed by atoms with van der Waals surface area (Å²) in [6.45, 7) is 0. The van der Waals surface area contributed by atoms with E-state index in [1.165, 1.54) is 17.2 Å². The molecule has 1 aliphatic carbocycles. The molecule has 0 aromatic carbocycles. The van der Waals surface area contributed by atoms with Crippen LogP contribution in [0.4, 0.5) is 4.39 Å². The lowest BCUT2D eigenvalue weighted by Crippen LogP contribution is -2.24. The molecule has 0 atom stereocenters. The molecular formula is C11H13FN2O2. The minimum Gasteiger partial charge on any atom is -0.485 e. The maximum Gasteiger partial charge on any atom is 0.275 e. The molecule has 1 fully saturated rings. The number of pyridine rings is 1. The predicted molar refractivity (Wildman–Crippen MR) is 55.9 cm³/mol. The molecule has 16 heavy (non-hydrogen) atoms. The van der Waals surface area contributed by atoms with Crippen LogP contribution in [0, 0.1) is 5.82 Å². The molecule has 1 heterocycles. The third-order valence-electron chi connectivity index (χ3n) is 2.27. The highest BCUT2D eigenvalue weighted by atomic mass is 19.1. The van der Waals surface area contributed by atoms with Crippen molar-refractivity contribution in [2.24, 2.45) is 0 Å². The van der Waals surface area contributed by atoms with Crippen LogP contribution >= 0.6 is 0 Å². The highest BCUT2D eigenvalue weighted by molar-refractivity contribution is 5.94. The molecule has 1 aromatic rings. The van der Waals surface area contributed by atoms with E-state index in [9.17, 15) is 9.18 Å². The van der Waals surface area contributed by atoms with E-state index in [4.69, 9.17) is 4.74 Å². The van der Waals surface area contributed by atoms with Gasteiger partial charge in [-0.2, -0.15) is 0 Å². The Balaban J connectivity index is 2.34. The Kier molecular flexibility index (Phi) is 2.77. The summed E-state index contributed by atoms with van der Waals surface area (Å²) in [6.07, 6.45) is 3.12. The fourth-order valence-electron chi connectivity index (χ4n) is 1.25. The Morgan fingerprint density at radius 1 is 1.56 bits per heavy atom. The first-order chi connectivity index (χ1) is 7.59. The molecule has 0 bridgehead atoms. The lowest BCUT2D eigenvalue weighted by atomic mass is 10.3. The van der Waals surface area contributed by atoms with Crippen LogP contribution in [-0.4, -0.2) is 36.0 Å². The molecule has 5 heteroatoms. The van der Waals surface area contributed by atoms with Crippen molar-refractivity contribution in [1.82, 2.24) is 9.88 Å². The second-order valence-corrected chi connectivity index (χ2v) is 3.99. The number of rotatable bonds is 3. The van der Waals surface area contributed by atoms with E-state index in [1.807, 2.05) is 0 Å². The van der Waals surface area contributed by atoms with Crippen LogP contribution in [0.15, 0.2) is 12.3 Å². The summed E-state index contributed by atoms with van der Waals surface area (Å²) in [4.78, 5) is 17.0. The van der Waals surface area contributed by atoms with Gasteiger partial charge in [-0.3, -0.25) is 4.79 Å². The Labute approximate surface area is 93.0 Å². The fourth-order valence-corrected chi connectivity index (χ4v) is 1.25. The van der Waals surface area contributed by atoms with Crippen molar-refractivity contribution in [2.75, 3.05) is 14.1 Å². The normalized spacial score (nSPS) is 14.7. The molecule has 1 saturated carbocycles. The van der Waals surface area contributed by atoms with Gasteiger partial charge in [-0.05, 0) is 18.9 Å². The fraction of sp³-hybridized carbons (Fsp3) is 0.455. The first-order valence-electron chi connectivity index (χ1n) is 5.12. The number of hydrogen-bond acceptors (Lipinski definition) is 3. The molecule has 0 saturated heterocycles. The van der Waals surface area contributed by atoms with Gasteiger partial charge in [0.1, 0.15) is 0 Å². The number of carbonyl (C=O) groups excluding carboxylic acids is 1. The lowest BCUT2D eigenvalue weighted by molar-refractivity contribution is 0.0815. The average molecular weight is 224 g/mol. The molecule has 0 spiro atoms. The Morgan fingerprint density at radius 3 is 2.81 bits per heavy atom. The maximum absolute atomic E-state index is 13.5. The number of hydrogen-bond donors (Lipinski definition) is 0.